The van der Waals surface area contributed by atoms with E-state index in [0.29, 0.717) is 18.8 Å². The van der Waals surface area contributed by atoms with Crippen LogP contribution in [-0.2, 0) is 14.3 Å². The molecule has 2 unspecified atom stereocenters. The van der Waals surface area contributed by atoms with Crippen molar-refractivity contribution in [3.8, 4) is 0 Å². The lowest BCUT2D eigenvalue weighted by Gasteiger charge is -2.33. The molecule has 0 bridgehead atoms. The molecule has 1 fully saturated rings. The highest BCUT2D eigenvalue weighted by Crippen LogP contribution is 2.24. The number of ether oxygens (including phenoxy) is 1. The minimum atomic E-state index is -0.259. The highest BCUT2D eigenvalue weighted by Gasteiger charge is 2.31. The fourth-order valence-corrected chi connectivity index (χ4v) is 2.78. The Kier molecular flexibility index (Phi) is 4.83. The van der Waals surface area contributed by atoms with Crippen LogP contribution in [0.1, 0.15) is 31.2 Å². The molecule has 5 heteroatoms. The number of benzene rings is 1. The van der Waals surface area contributed by atoms with Crippen LogP contribution >= 0.6 is 0 Å². The van der Waals surface area contributed by atoms with Crippen molar-refractivity contribution in [1.82, 2.24) is 4.90 Å². The average Bonchev–Trinajstić information content (AvgIpc) is 2.52. The number of piperidine rings is 1. The van der Waals surface area contributed by atoms with E-state index >= 15 is 0 Å². The van der Waals surface area contributed by atoms with Crippen molar-refractivity contribution in [2.24, 2.45) is 5.92 Å². The maximum absolute atomic E-state index is 12.6. The Labute approximate surface area is 125 Å². The molecule has 0 aliphatic carbocycles. The number of esters is 1. The molecule has 21 heavy (non-hydrogen) atoms. The quantitative estimate of drug-likeness (QED) is 0.680. The molecule has 1 saturated heterocycles. The van der Waals surface area contributed by atoms with Crippen LogP contribution < -0.4 is 5.73 Å². The van der Waals surface area contributed by atoms with Gasteiger partial charge < -0.3 is 15.4 Å². The maximum Gasteiger partial charge on any atom is 0.310 e. The van der Waals surface area contributed by atoms with Crippen LogP contribution in [-0.4, -0.2) is 37.0 Å². The van der Waals surface area contributed by atoms with Crippen molar-refractivity contribution >= 4 is 17.6 Å². The van der Waals surface area contributed by atoms with Crippen LogP contribution in [0.4, 0.5) is 5.69 Å². The summed E-state index contributed by atoms with van der Waals surface area (Å²) >= 11 is 0. The Morgan fingerprint density at radius 1 is 1.43 bits per heavy atom. The predicted octanol–water partition coefficient (Wildman–Crippen LogP) is 1.78. The van der Waals surface area contributed by atoms with Crippen molar-refractivity contribution in [1.29, 1.82) is 0 Å². The summed E-state index contributed by atoms with van der Waals surface area (Å²) in [7, 11) is 1.39. The van der Waals surface area contributed by atoms with Crippen LogP contribution in [0, 0.1) is 5.92 Å². The van der Waals surface area contributed by atoms with Gasteiger partial charge in [-0.25, -0.2) is 0 Å². The molecule has 1 aliphatic heterocycles. The molecule has 1 aromatic carbocycles. The Bertz CT molecular complexity index is 530. The van der Waals surface area contributed by atoms with Gasteiger partial charge in [-0.1, -0.05) is 12.1 Å². The molecule has 1 heterocycles. The second-order valence-corrected chi connectivity index (χ2v) is 5.54. The summed E-state index contributed by atoms with van der Waals surface area (Å²) in [6, 6.07) is 7.38. The van der Waals surface area contributed by atoms with Gasteiger partial charge in [-0.3, -0.25) is 9.59 Å². The number of methoxy groups -OCH3 is 1. The summed E-state index contributed by atoms with van der Waals surface area (Å²) in [6.07, 6.45) is 1.61. The van der Waals surface area contributed by atoms with Crippen molar-refractivity contribution in [3.63, 3.8) is 0 Å². The van der Waals surface area contributed by atoms with Gasteiger partial charge in [0.2, 0.25) is 5.91 Å². The molecule has 0 radical (unpaired) electrons. The topological polar surface area (TPSA) is 72.6 Å². The lowest BCUT2D eigenvalue weighted by Crippen LogP contribution is -2.44. The number of likely N-dealkylation sites (tertiary alicyclic amines) is 1. The van der Waals surface area contributed by atoms with E-state index in [-0.39, 0.29) is 23.7 Å². The smallest absolute Gasteiger partial charge is 0.310 e. The molecule has 1 aliphatic rings. The number of carbonyl (C=O) groups excluding carboxylic acids is 2. The van der Waals surface area contributed by atoms with E-state index in [2.05, 4.69) is 0 Å². The van der Waals surface area contributed by atoms with E-state index in [1.807, 2.05) is 25.1 Å². The summed E-state index contributed by atoms with van der Waals surface area (Å²) in [5.74, 6) is -0.663. The molecule has 2 rings (SSSR count). The first-order chi connectivity index (χ1) is 10.0. The van der Waals surface area contributed by atoms with E-state index in [4.69, 9.17) is 10.5 Å². The Hall–Kier alpha value is -2.04. The largest absolute Gasteiger partial charge is 0.469 e. The zero-order valence-corrected chi connectivity index (χ0v) is 12.5. The summed E-state index contributed by atoms with van der Waals surface area (Å²) in [5.41, 5.74) is 7.32. The van der Waals surface area contributed by atoms with Crippen molar-refractivity contribution in [2.45, 2.75) is 25.7 Å². The number of amides is 1. The van der Waals surface area contributed by atoms with Gasteiger partial charge in [0.15, 0.2) is 0 Å². The van der Waals surface area contributed by atoms with Gasteiger partial charge in [0.05, 0.1) is 18.9 Å². The van der Waals surface area contributed by atoms with Crippen LogP contribution in [0.25, 0.3) is 0 Å². The van der Waals surface area contributed by atoms with Gasteiger partial charge in [0.25, 0.3) is 0 Å². The monoisotopic (exact) mass is 290 g/mol. The van der Waals surface area contributed by atoms with Gasteiger partial charge in [0, 0.05) is 18.8 Å². The number of rotatable bonds is 3. The predicted molar refractivity (Wildman–Crippen MR) is 80.6 cm³/mol. The fourth-order valence-electron chi connectivity index (χ4n) is 2.78. The number of nitrogens with two attached hydrogens (primary N) is 1. The van der Waals surface area contributed by atoms with Gasteiger partial charge in [-0.05, 0) is 37.5 Å². The minimum absolute atomic E-state index is 0.0363. The summed E-state index contributed by atoms with van der Waals surface area (Å²) in [5, 5.41) is 0. The summed E-state index contributed by atoms with van der Waals surface area (Å²) < 4.78 is 4.79. The summed E-state index contributed by atoms with van der Waals surface area (Å²) in [6.45, 7) is 3.01. The molecule has 2 atom stereocenters. The molecule has 1 aromatic rings. The average molecular weight is 290 g/mol. The normalized spacial score (nSPS) is 19.9. The van der Waals surface area contributed by atoms with E-state index < -0.39 is 0 Å². The molecule has 0 saturated carbocycles. The third-order valence-electron chi connectivity index (χ3n) is 4.05. The van der Waals surface area contributed by atoms with E-state index in [0.717, 1.165) is 18.4 Å². The third-order valence-corrected chi connectivity index (χ3v) is 4.05. The van der Waals surface area contributed by atoms with E-state index in [1.54, 1.807) is 11.0 Å². The second-order valence-electron chi connectivity index (χ2n) is 5.54. The molecule has 114 valence electrons. The van der Waals surface area contributed by atoms with Gasteiger partial charge in [-0.15, -0.1) is 0 Å². The SMILES string of the molecule is COC(=O)C1CCCN(C(=O)C(C)c2cccc(N)c2)C1. The maximum atomic E-state index is 12.6. The molecular formula is C16H22N2O3. The lowest BCUT2D eigenvalue weighted by atomic mass is 9.94. The first-order valence-corrected chi connectivity index (χ1v) is 7.25. The number of hydrogen-bond acceptors (Lipinski definition) is 4. The first-order valence-electron chi connectivity index (χ1n) is 7.25. The molecular weight excluding hydrogens is 268 g/mol. The first kappa shape index (κ1) is 15.4. The highest BCUT2D eigenvalue weighted by atomic mass is 16.5. The number of anilines is 1. The zero-order valence-electron chi connectivity index (χ0n) is 12.5. The number of nitrogen functional groups attached to an aromatic ring is 1. The third kappa shape index (κ3) is 3.54. The van der Waals surface area contributed by atoms with E-state index in [9.17, 15) is 9.59 Å². The minimum Gasteiger partial charge on any atom is -0.469 e. The van der Waals surface area contributed by atoms with Crippen LogP contribution in [0.5, 0.6) is 0 Å². The van der Waals surface area contributed by atoms with Crippen LogP contribution in [0.2, 0.25) is 0 Å². The van der Waals surface area contributed by atoms with Crippen LogP contribution in [0.3, 0.4) is 0 Å². The van der Waals surface area contributed by atoms with Gasteiger partial charge >= 0.3 is 5.97 Å². The molecule has 1 amide bonds. The highest BCUT2D eigenvalue weighted by molar-refractivity contribution is 5.84. The van der Waals surface area contributed by atoms with Crippen molar-refractivity contribution in [2.75, 3.05) is 25.9 Å². The fraction of sp³-hybridized carbons (Fsp3) is 0.500. The van der Waals surface area contributed by atoms with Gasteiger partial charge in [0.1, 0.15) is 0 Å². The molecule has 2 N–H and O–H groups in total. The molecule has 5 nitrogen and oxygen atoms in total. The second kappa shape index (κ2) is 6.61. The van der Waals surface area contributed by atoms with Crippen molar-refractivity contribution in [3.05, 3.63) is 29.8 Å². The van der Waals surface area contributed by atoms with Gasteiger partial charge in [-0.2, -0.15) is 0 Å². The Morgan fingerprint density at radius 3 is 2.86 bits per heavy atom. The number of carbonyl (C=O) groups is 2. The number of nitrogens with zero attached hydrogens (tertiary/aromatic N) is 1. The standard InChI is InChI=1S/C16H22N2O3/c1-11(12-5-3-7-14(17)9-12)15(19)18-8-4-6-13(10-18)16(20)21-2/h3,5,7,9,11,13H,4,6,8,10,17H2,1-2H3. The number of hydrogen-bond donors (Lipinski definition) is 1. The molecule has 0 spiro atoms. The lowest BCUT2D eigenvalue weighted by molar-refractivity contribution is -0.149. The zero-order chi connectivity index (χ0) is 15.4. The van der Waals surface area contributed by atoms with Crippen LogP contribution in [0.15, 0.2) is 24.3 Å². The Balaban J connectivity index is 2.07. The van der Waals surface area contributed by atoms with Crippen molar-refractivity contribution < 1.29 is 14.3 Å². The van der Waals surface area contributed by atoms with E-state index in [1.165, 1.54) is 7.11 Å². The Morgan fingerprint density at radius 2 is 2.19 bits per heavy atom. The summed E-state index contributed by atoms with van der Waals surface area (Å²) in [4.78, 5) is 26.0. The molecule has 0 aromatic heterocycles.